The van der Waals surface area contributed by atoms with E-state index < -0.39 is 0 Å². The Labute approximate surface area is 187 Å². The quantitative estimate of drug-likeness (QED) is 0.300. The lowest BCUT2D eigenvalue weighted by Crippen LogP contribution is -2.13. The highest BCUT2D eigenvalue weighted by molar-refractivity contribution is 7.21. The predicted molar refractivity (Wildman–Crippen MR) is 126 cm³/mol. The van der Waals surface area contributed by atoms with Gasteiger partial charge in [-0.3, -0.25) is 9.59 Å². The number of amides is 1. The summed E-state index contributed by atoms with van der Waals surface area (Å²) in [4.78, 5) is 26.7. The molecule has 1 amide bonds. The SMILES string of the molecule is Cc1ccc2c(Cl)c(C(=O)Nc3c(C(=O)c4ccccc4)oc4ccccc34)sc2c1. The standard InChI is InChI=1S/C25H16ClNO3S/c1-14-11-12-17-19(13-14)31-24(20(17)26)25(29)27-21-16-9-5-6-10-18(16)30-23(21)22(28)15-7-3-2-4-8-15/h2-13H,1H3,(H,27,29). The van der Waals surface area contributed by atoms with Gasteiger partial charge in [-0.15, -0.1) is 11.3 Å². The first kappa shape index (κ1) is 19.5. The second-order valence-corrected chi connectivity index (χ2v) is 8.63. The lowest BCUT2D eigenvalue weighted by Gasteiger charge is -2.05. The topological polar surface area (TPSA) is 59.3 Å². The molecule has 0 atom stereocenters. The molecule has 0 spiro atoms. The van der Waals surface area contributed by atoms with E-state index in [1.807, 2.05) is 49.4 Å². The lowest BCUT2D eigenvalue weighted by molar-refractivity contribution is 0.101. The molecule has 5 aromatic rings. The van der Waals surface area contributed by atoms with Crippen LogP contribution >= 0.6 is 22.9 Å². The Morgan fingerprint density at radius 1 is 0.935 bits per heavy atom. The summed E-state index contributed by atoms with van der Waals surface area (Å²) in [5, 5.41) is 4.78. The maximum Gasteiger partial charge on any atom is 0.267 e. The molecule has 3 aromatic carbocycles. The van der Waals surface area contributed by atoms with E-state index in [0.29, 0.717) is 32.1 Å². The zero-order valence-electron chi connectivity index (χ0n) is 16.4. The third-order valence-electron chi connectivity index (χ3n) is 5.07. The molecule has 0 fully saturated rings. The molecule has 5 rings (SSSR count). The summed E-state index contributed by atoms with van der Waals surface area (Å²) in [6, 6.07) is 21.9. The monoisotopic (exact) mass is 445 g/mol. The number of hydrogen-bond donors (Lipinski definition) is 1. The van der Waals surface area contributed by atoms with Crippen LogP contribution in [-0.4, -0.2) is 11.7 Å². The van der Waals surface area contributed by atoms with Crippen molar-refractivity contribution in [1.29, 1.82) is 0 Å². The highest BCUT2D eigenvalue weighted by Crippen LogP contribution is 2.38. The van der Waals surface area contributed by atoms with Gasteiger partial charge in [-0.05, 0) is 30.7 Å². The number of halogens is 1. The Morgan fingerprint density at radius 2 is 1.68 bits per heavy atom. The highest BCUT2D eigenvalue weighted by atomic mass is 35.5. The van der Waals surface area contributed by atoms with Gasteiger partial charge in [-0.25, -0.2) is 0 Å². The van der Waals surface area contributed by atoms with E-state index in [-0.39, 0.29) is 17.5 Å². The van der Waals surface area contributed by atoms with Gasteiger partial charge in [0.1, 0.15) is 10.5 Å². The molecule has 0 aliphatic heterocycles. The maximum absolute atomic E-state index is 13.2. The number of carbonyl (C=O) groups excluding carboxylic acids is 2. The van der Waals surface area contributed by atoms with Gasteiger partial charge in [-0.2, -0.15) is 0 Å². The zero-order chi connectivity index (χ0) is 21.5. The third-order valence-corrected chi connectivity index (χ3v) is 6.72. The number of thiophene rings is 1. The van der Waals surface area contributed by atoms with Crippen molar-refractivity contribution in [3.8, 4) is 0 Å². The molecular formula is C25H16ClNO3S. The van der Waals surface area contributed by atoms with Crippen molar-refractivity contribution in [2.45, 2.75) is 6.92 Å². The van der Waals surface area contributed by atoms with Crippen molar-refractivity contribution in [3.63, 3.8) is 0 Å². The molecule has 2 heterocycles. The maximum atomic E-state index is 13.2. The summed E-state index contributed by atoms with van der Waals surface area (Å²) in [6.07, 6.45) is 0. The van der Waals surface area contributed by atoms with E-state index in [1.54, 1.807) is 30.3 Å². The Hall–Kier alpha value is -3.41. The number of fused-ring (bicyclic) bond motifs is 2. The summed E-state index contributed by atoms with van der Waals surface area (Å²) in [6.45, 7) is 1.99. The number of carbonyl (C=O) groups is 2. The van der Waals surface area contributed by atoms with Crippen LogP contribution in [-0.2, 0) is 0 Å². The third kappa shape index (κ3) is 3.42. The number of furan rings is 1. The van der Waals surface area contributed by atoms with Crippen LogP contribution in [0, 0.1) is 6.92 Å². The van der Waals surface area contributed by atoms with Crippen LogP contribution in [0.25, 0.3) is 21.1 Å². The Bertz CT molecular complexity index is 1470. The molecule has 0 saturated heterocycles. The second-order valence-electron chi connectivity index (χ2n) is 7.20. The lowest BCUT2D eigenvalue weighted by atomic mass is 10.1. The summed E-state index contributed by atoms with van der Waals surface area (Å²) in [5.41, 5.74) is 2.44. The average Bonchev–Trinajstić information content (AvgIpc) is 3.31. The summed E-state index contributed by atoms with van der Waals surface area (Å²) < 4.78 is 6.80. The molecule has 0 bridgehead atoms. The van der Waals surface area contributed by atoms with E-state index in [9.17, 15) is 9.59 Å². The Balaban J connectivity index is 1.60. The first-order valence-corrected chi connectivity index (χ1v) is 10.8. The van der Waals surface area contributed by atoms with Gasteiger partial charge in [0, 0.05) is 21.0 Å². The van der Waals surface area contributed by atoms with Crippen LogP contribution in [0.15, 0.2) is 77.2 Å². The molecule has 6 heteroatoms. The smallest absolute Gasteiger partial charge is 0.267 e. The molecule has 0 saturated carbocycles. The van der Waals surface area contributed by atoms with E-state index in [0.717, 1.165) is 15.6 Å². The van der Waals surface area contributed by atoms with Crippen LogP contribution in [0.1, 0.15) is 31.4 Å². The number of rotatable bonds is 4. The normalized spacial score (nSPS) is 11.2. The van der Waals surface area contributed by atoms with E-state index in [2.05, 4.69) is 5.32 Å². The molecular weight excluding hydrogens is 430 g/mol. The van der Waals surface area contributed by atoms with Crippen molar-refractivity contribution >= 4 is 61.4 Å². The molecule has 2 aromatic heterocycles. The molecule has 0 aliphatic rings. The second kappa shape index (κ2) is 7.69. The largest absolute Gasteiger partial charge is 0.450 e. The zero-order valence-corrected chi connectivity index (χ0v) is 18.0. The molecule has 0 unspecified atom stereocenters. The summed E-state index contributed by atoms with van der Waals surface area (Å²) >= 11 is 7.84. The number of para-hydroxylation sites is 1. The fourth-order valence-corrected chi connectivity index (χ4v) is 5.05. The minimum atomic E-state index is -0.377. The van der Waals surface area contributed by atoms with Crippen molar-refractivity contribution in [2.75, 3.05) is 5.32 Å². The number of ketones is 1. The number of nitrogens with one attached hydrogen (secondary N) is 1. The summed E-state index contributed by atoms with van der Waals surface area (Å²) in [7, 11) is 0. The average molecular weight is 446 g/mol. The van der Waals surface area contributed by atoms with E-state index in [1.165, 1.54) is 11.3 Å². The minimum Gasteiger partial charge on any atom is -0.450 e. The fraction of sp³-hybridized carbons (Fsp3) is 0.0400. The van der Waals surface area contributed by atoms with Gasteiger partial charge in [0.15, 0.2) is 5.76 Å². The molecule has 0 radical (unpaired) electrons. The van der Waals surface area contributed by atoms with Crippen molar-refractivity contribution < 1.29 is 14.0 Å². The van der Waals surface area contributed by atoms with Gasteiger partial charge < -0.3 is 9.73 Å². The molecule has 1 N–H and O–H groups in total. The molecule has 31 heavy (non-hydrogen) atoms. The highest BCUT2D eigenvalue weighted by Gasteiger charge is 2.25. The Morgan fingerprint density at radius 3 is 2.48 bits per heavy atom. The first-order chi connectivity index (χ1) is 15.0. The van der Waals surface area contributed by atoms with Crippen LogP contribution in [0.2, 0.25) is 5.02 Å². The number of benzene rings is 3. The van der Waals surface area contributed by atoms with E-state index in [4.69, 9.17) is 16.0 Å². The van der Waals surface area contributed by atoms with Crippen LogP contribution < -0.4 is 5.32 Å². The van der Waals surface area contributed by atoms with Gasteiger partial charge >= 0.3 is 0 Å². The van der Waals surface area contributed by atoms with Crippen LogP contribution in [0.3, 0.4) is 0 Å². The van der Waals surface area contributed by atoms with Gasteiger partial charge in [0.05, 0.1) is 10.7 Å². The van der Waals surface area contributed by atoms with Crippen LogP contribution in [0.4, 0.5) is 5.69 Å². The number of anilines is 1. The van der Waals surface area contributed by atoms with Crippen molar-refractivity contribution in [3.05, 3.63) is 99.6 Å². The van der Waals surface area contributed by atoms with E-state index >= 15 is 0 Å². The molecule has 4 nitrogen and oxygen atoms in total. The first-order valence-electron chi connectivity index (χ1n) is 9.64. The van der Waals surface area contributed by atoms with Crippen molar-refractivity contribution in [1.82, 2.24) is 0 Å². The fourth-order valence-electron chi connectivity index (χ4n) is 3.54. The minimum absolute atomic E-state index is 0.0915. The molecule has 152 valence electrons. The summed E-state index contributed by atoms with van der Waals surface area (Å²) in [5.74, 6) is -0.587. The molecule has 0 aliphatic carbocycles. The Kier molecular flexibility index (Phi) is 4.85. The van der Waals surface area contributed by atoms with Gasteiger partial charge in [0.2, 0.25) is 5.78 Å². The van der Waals surface area contributed by atoms with Gasteiger partial charge in [-0.1, -0.05) is 66.2 Å². The van der Waals surface area contributed by atoms with Crippen molar-refractivity contribution in [2.24, 2.45) is 0 Å². The number of hydrogen-bond acceptors (Lipinski definition) is 4. The van der Waals surface area contributed by atoms with Crippen LogP contribution in [0.5, 0.6) is 0 Å². The number of aryl methyl sites for hydroxylation is 1. The van der Waals surface area contributed by atoms with Gasteiger partial charge in [0.25, 0.3) is 5.91 Å². The predicted octanol–water partition coefficient (Wildman–Crippen LogP) is 7.09.